The van der Waals surface area contributed by atoms with E-state index in [1.807, 2.05) is 19.1 Å². The molecule has 1 fully saturated rings. The lowest BCUT2D eigenvalue weighted by Crippen LogP contribution is -2.42. The van der Waals surface area contributed by atoms with E-state index in [1.54, 1.807) is 7.11 Å². The number of guanidine groups is 1. The molecule has 0 saturated carbocycles. The van der Waals surface area contributed by atoms with Gasteiger partial charge in [0.05, 0.1) is 38.7 Å². The number of aliphatic imine (C=N–C) groups is 1. The van der Waals surface area contributed by atoms with E-state index in [9.17, 15) is 8.42 Å². The van der Waals surface area contributed by atoms with Gasteiger partial charge in [-0.15, -0.1) is 0 Å². The highest BCUT2D eigenvalue weighted by Crippen LogP contribution is 2.24. The first-order chi connectivity index (χ1) is 13.4. The molecule has 28 heavy (non-hydrogen) atoms. The van der Waals surface area contributed by atoms with Gasteiger partial charge >= 0.3 is 0 Å². The second kappa shape index (κ2) is 11.2. The van der Waals surface area contributed by atoms with Crippen LogP contribution in [0.25, 0.3) is 0 Å². The molecule has 0 aromatic heterocycles. The minimum atomic E-state index is -3.01. The van der Waals surface area contributed by atoms with Gasteiger partial charge in [-0.25, -0.2) is 8.42 Å². The van der Waals surface area contributed by atoms with Crippen molar-refractivity contribution in [3.05, 3.63) is 29.8 Å². The van der Waals surface area contributed by atoms with E-state index in [4.69, 9.17) is 14.5 Å². The Kier molecular flexibility index (Phi) is 9.01. The largest absolute Gasteiger partial charge is 0.497 e. The van der Waals surface area contributed by atoms with Crippen LogP contribution >= 0.6 is 0 Å². The van der Waals surface area contributed by atoms with Crippen LogP contribution in [0, 0.1) is 0 Å². The fraction of sp³-hybridized carbons (Fsp3) is 0.632. The van der Waals surface area contributed by atoms with Gasteiger partial charge in [-0.3, -0.25) is 9.89 Å². The standard InChI is InChI=1S/C19H32N4O4S/c1-4-20-19(21-9-14-28(3,24)25)22-15-18(23-10-12-27-13-11-23)16-5-7-17(26-2)8-6-16/h5-8,18H,4,9-15H2,1-3H3,(H2,20,21,22). The highest BCUT2D eigenvalue weighted by molar-refractivity contribution is 7.90. The van der Waals surface area contributed by atoms with Crippen LogP contribution in [0.3, 0.4) is 0 Å². The Hall–Kier alpha value is -1.84. The number of ether oxygens (including phenoxy) is 2. The normalized spacial score (nSPS) is 17.2. The number of hydrogen-bond acceptors (Lipinski definition) is 6. The van der Waals surface area contributed by atoms with Gasteiger partial charge < -0.3 is 20.1 Å². The van der Waals surface area contributed by atoms with Gasteiger partial charge in [0.2, 0.25) is 0 Å². The summed E-state index contributed by atoms with van der Waals surface area (Å²) in [6, 6.07) is 8.17. The molecule has 0 radical (unpaired) electrons. The van der Waals surface area contributed by atoms with Crippen LogP contribution in [0.2, 0.25) is 0 Å². The first-order valence-electron chi connectivity index (χ1n) is 9.58. The number of nitrogens with zero attached hydrogens (tertiary/aromatic N) is 2. The van der Waals surface area contributed by atoms with Crippen LogP contribution in [0.5, 0.6) is 5.75 Å². The monoisotopic (exact) mass is 412 g/mol. The Morgan fingerprint density at radius 2 is 1.93 bits per heavy atom. The molecular formula is C19H32N4O4S. The zero-order chi connectivity index (χ0) is 20.4. The minimum absolute atomic E-state index is 0.0722. The van der Waals surface area contributed by atoms with Crippen LogP contribution in [-0.2, 0) is 14.6 Å². The molecule has 0 amide bonds. The van der Waals surface area contributed by atoms with Crippen molar-refractivity contribution in [3.63, 3.8) is 0 Å². The third-order valence-corrected chi connectivity index (χ3v) is 5.46. The van der Waals surface area contributed by atoms with E-state index >= 15 is 0 Å². The van der Waals surface area contributed by atoms with E-state index in [2.05, 4.69) is 27.7 Å². The number of morpholine rings is 1. The fourth-order valence-corrected chi connectivity index (χ4v) is 3.49. The van der Waals surface area contributed by atoms with Gasteiger partial charge in [0.15, 0.2) is 5.96 Å². The van der Waals surface area contributed by atoms with Gasteiger partial charge in [0, 0.05) is 32.4 Å². The summed E-state index contributed by atoms with van der Waals surface area (Å²) < 4.78 is 33.5. The highest BCUT2D eigenvalue weighted by Gasteiger charge is 2.22. The predicted molar refractivity (Wildman–Crippen MR) is 112 cm³/mol. The maximum Gasteiger partial charge on any atom is 0.191 e. The highest BCUT2D eigenvalue weighted by atomic mass is 32.2. The summed E-state index contributed by atoms with van der Waals surface area (Å²) in [5, 5.41) is 6.28. The first kappa shape index (κ1) is 22.4. The molecule has 1 aliphatic heterocycles. The Morgan fingerprint density at radius 3 is 2.50 bits per heavy atom. The van der Waals surface area contributed by atoms with Crippen LogP contribution in [0.4, 0.5) is 0 Å². The van der Waals surface area contributed by atoms with E-state index in [1.165, 1.54) is 11.8 Å². The van der Waals surface area contributed by atoms with Gasteiger partial charge in [-0.05, 0) is 24.6 Å². The summed E-state index contributed by atoms with van der Waals surface area (Å²) in [7, 11) is -1.36. The molecule has 9 heteroatoms. The lowest BCUT2D eigenvalue weighted by atomic mass is 10.0. The quantitative estimate of drug-likeness (QED) is 0.455. The number of hydrogen-bond donors (Lipinski definition) is 2. The Morgan fingerprint density at radius 1 is 1.25 bits per heavy atom. The van der Waals surface area contributed by atoms with Gasteiger partial charge in [-0.2, -0.15) is 0 Å². The number of nitrogens with one attached hydrogen (secondary N) is 2. The molecule has 1 saturated heterocycles. The van der Waals surface area contributed by atoms with Gasteiger partial charge in [-0.1, -0.05) is 12.1 Å². The van der Waals surface area contributed by atoms with Crippen molar-refractivity contribution in [2.75, 3.05) is 65.1 Å². The number of sulfone groups is 1. The van der Waals surface area contributed by atoms with Crippen molar-refractivity contribution >= 4 is 15.8 Å². The maximum atomic E-state index is 11.4. The lowest BCUT2D eigenvalue weighted by molar-refractivity contribution is 0.0179. The zero-order valence-electron chi connectivity index (χ0n) is 17.0. The van der Waals surface area contributed by atoms with E-state index in [0.717, 1.165) is 18.8 Å². The van der Waals surface area contributed by atoms with Crippen LogP contribution in [0.15, 0.2) is 29.3 Å². The van der Waals surface area contributed by atoms with Crippen molar-refractivity contribution in [1.29, 1.82) is 0 Å². The minimum Gasteiger partial charge on any atom is -0.497 e. The second-order valence-corrected chi connectivity index (χ2v) is 8.97. The van der Waals surface area contributed by atoms with E-state index in [0.29, 0.717) is 38.8 Å². The average molecular weight is 413 g/mol. The summed E-state index contributed by atoms with van der Waals surface area (Å²) in [5.74, 6) is 1.52. The van der Waals surface area contributed by atoms with Crippen LogP contribution in [-0.4, -0.2) is 84.3 Å². The molecule has 1 aliphatic rings. The number of rotatable bonds is 9. The van der Waals surface area contributed by atoms with Crippen molar-refractivity contribution < 1.29 is 17.9 Å². The summed E-state index contributed by atoms with van der Waals surface area (Å²) in [6.07, 6.45) is 1.23. The molecule has 1 heterocycles. The second-order valence-electron chi connectivity index (χ2n) is 6.71. The molecule has 0 spiro atoms. The summed E-state index contributed by atoms with van der Waals surface area (Å²) in [4.78, 5) is 7.08. The average Bonchev–Trinajstić information content (AvgIpc) is 2.68. The van der Waals surface area contributed by atoms with Gasteiger partial charge in [0.1, 0.15) is 15.6 Å². The molecule has 1 aromatic rings. The van der Waals surface area contributed by atoms with E-state index in [-0.39, 0.29) is 11.8 Å². The predicted octanol–water partition coefficient (Wildman–Crippen LogP) is 0.668. The fourth-order valence-electron chi connectivity index (χ4n) is 3.02. The molecule has 1 aromatic carbocycles. The molecule has 0 aliphatic carbocycles. The van der Waals surface area contributed by atoms with Crippen molar-refractivity contribution in [2.24, 2.45) is 4.99 Å². The molecule has 2 N–H and O–H groups in total. The summed E-state index contributed by atoms with van der Waals surface area (Å²) in [6.45, 7) is 6.70. The molecule has 1 unspecified atom stereocenters. The third-order valence-electron chi connectivity index (χ3n) is 4.52. The molecule has 158 valence electrons. The molecular weight excluding hydrogens is 380 g/mol. The van der Waals surface area contributed by atoms with Crippen molar-refractivity contribution in [3.8, 4) is 5.75 Å². The zero-order valence-corrected chi connectivity index (χ0v) is 17.8. The van der Waals surface area contributed by atoms with E-state index < -0.39 is 9.84 Å². The van der Waals surface area contributed by atoms with Crippen LogP contribution < -0.4 is 15.4 Å². The maximum absolute atomic E-state index is 11.4. The Bertz CT molecular complexity index is 716. The summed E-state index contributed by atoms with van der Waals surface area (Å²) >= 11 is 0. The van der Waals surface area contributed by atoms with Gasteiger partial charge in [0.25, 0.3) is 0 Å². The van der Waals surface area contributed by atoms with Crippen molar-refractivity contribution in [2.45, 2.75) is 13.0 Å². The molecule has 0 bridgehead atoms. The smallest absolute Gasteiger partial charge is 0.191 e. The number of methoxy groups -OCH3 is 1. The molecule has 8 nitrogen and oxygen atoms in total. The topological polar surface area (TPSA) is 92.3 Å². The number of benzene rings is 1. The van der Waals surface area contributed by atoms with Crippen LogP contribution in [0.1, 0.15) is 18.5 Å². The lowest BCUT2D eigenvalue weighted by Gasteiger charge is -2.34. The Labute approximate surface area is 168 Å². The summed E-state index contributed by atoms with van der Waals surface area (Å²) in [5.41, 5.74) is 1.17. The SMILES string of the molecule is CCNC(=NCC(c1ccc(OC)cc1)N1CCOCC1)NCCS(C)(=O)=O. The van der Waals surface area contributed by atoms with Crippen molar-refractivity contribution in [1.82, 2.24) is 15.5 Å². The third kappa shape index (κ3) is 7.65. The molecule has 2 rings (SSSR count). The first-order valence-corrected chi connectivity index (χ1v) is 11.6. The molecule has 1 atom stereocenters. The Balaban J connectivity index is 2.12.